The van der Waals surface area contributed by atoms with Crippen LogP contribution in [0.2, 0.25) is 0 Å². The van der Waals surface area contributed by atoms with Crippen molar-refractivity contribution in [3.8, 4) is 5.75 Å². The van der Waals surface area contributed by atoms with Gasteiger partial charge in [0, 0.05) is 5.92 Å². The Kier molecular flexibility index (Phi) is 7.68. The number of aryl methyl sites for hydroxylation is 2. The monoisotopic (exact) mass is 508 g/mol. The number of fused-ring (bicyclic) bond motifs is 1. The van der Waals surface area contributed by atoms with Gasteiger partial charge in [0.25, 0.3) is 5.91 Å². The molecule has 3 aromatic carbocycles. The molecule has 3 aromatic rings. The van der Waals surface area contributed by atoms with Crippen LogP contribution in [0.4, 0.5) is 0 Å². The Bertz CT molecular complexity index is 1360. The number of hydrogen-bond donors (Lipinski definition) is 0. The van der Waals surface area contributed by atoms with E-state index in [-0.39, 0.29) is 31.1 Å². The molecule has 0 radical (unpaired) electrons. The second-order valence-electron chi connectivity index (χ2n) is 9.85. The summed E-state index contributed by atoms with van der Waals surface area (Å²) >= 11 is 0. The number of benzene rings is 3. The first-order valence-electron chi connectivity index (χ1n) is 13.1. The molecule has 6 heteroatoms. The smallest absolute Gasteiger partial charge is 0.344 e. The molecule has 6 nitrogen and oxygen atoms in total. The van der Waals surface area contributed by atoms with Crippen LogP contribution in [0.5, 0.6) is 5.75 Å². The van der Waals surface area contributed by atoms with Crippen LogP contribution in [-0.4, -0.2) is 35.8 Å². The number of carbonyl (C=O) groups is 2. The van der Waals surface area contributed by atoms with Gasteiger partial charge in [-0.15, -0.1) is 0 Å². The second-order valence-corrected chi connectivity index (χ2v) is 9.85. The van der Waals surface area contributed by atoms with E-state index >= 15 is 0 Å². The van der Waals surface area contributed by atoms with Crippen LogP contribution in [0.25, 0.3) is 6.08 Å². The lowest BCUT2D eigenvalue weighted by atomic mass is 9.77. The second kappa shape index (κ2) is 11.5. The number of allylic oxidation sites excluding steroid dienone is 1. The number of nitrogens with zero attached hydrogens (tertiary/aromatic N) is 2. The Morgan fingerprint density at radius 1 is 0.947 bits per heavy atom. The molecule has 1 saturated carbocycles. The molecule has 2 unspecified atom stereocenters. The molecule has 0 bridgehead atoms. The zero-order chi connectivity index (χ0) is 26.5. The van der Waals surface area contributed by atoms with Crippen molar-refractivity contribution < 1.29 is 19.1 Å². The molecule has 2 atom stereocenters. The molecule has 2 aliphatic rings. The molecule has 5 rings (SSSR count). The van der Waals surface area contributed by atoms with E-state index < -0.39 is 5.97 Å². The Morgan fingerprint density at radius 2 is 1.68 bits per heavy atom. The van der Waals surface area contributed by atoms with Crippen LogP contribution in [-0.2, 0) is 14.3 Å². The summed E-state index contributed by atoms with van der Waals surface area (Å²) in [5, 5.41) is 6.37. The van der Waals surface area contributed by atoms with E-state index in [0.717, 1.165) is 52.8 Å². The zero-order valence-corrected chi connectivity index (χ0v) is 21.8. The van der Waals surface area contributed by atoms with Gasteiger partial charge in [-0.1, -0.05) is 66.7 Å². The Balaban J connectivity index is 1.31. The molecule has 1 aliphatic heterocycles. The highest BCUT2D eigenvalue weighted by atomic mass is 16.6. The highest BCUT2D eigenvalue weighted by Crippen LogP contribution is 2.44. The van der Waals surface area contributed by atoms with E-state index in [4.69, 9.17) is 14.6 Å². The molecular formula is C32H32N2O4. The van der Waals surface area contributed by atoms with Gasteiger partial charge in [-0.3, -0.25) is 4.79 Å². The predicted molar refractivity (Wildman–Crippen MR) is 148 cm³/mol. The fourth-order valence-corrected chi connectivity index (χ4v) is 5.14. The highest BCUT2D eigenvalue weighted by Gasteiger charge is 2.43. The lowest BCUT2D eigenvalue weighted by Gasteiger charge is -2.29. The quantitative estimate of drug-likeness (QED) is 0.365. The van der Waals surface area contributed by atoms with Gasteiger partial charge in [-0.25, -0.2) is 9.80 Å². The fourth-order valence-electron chi connectivity index (χ4n) is 5.14. The molecule has 0 saturated heterocycles. The Morgan fingerprint density at radius 3 is 2.42 bits per heavy atom. The summed E-state index contributed by atoms with van der Waals surface area (Å²) in [7, 11) is 0. The molecule has 1 heterocycles. The minimum atomic E-state index is -0.596. The lowest BCUT2D eigenvalue weighted by Crippen LogP contribution is -2.35. The van der Waals surface area contributed by atoms with Crippen LogP contribution < -0.4 is 4.74 Å². The van der Waals surface area contributed by atoms with Crippen molar-refractivity contribution in [1.29, 1.82) is 0 Å². The highest BCUT2D eigenvalue weighted by molar-refractivity contribution is 6.08. The van der Waals surface area contributed by atoms with Crippen molar-refractivity contribution in [3.05, 3.63) is 107 Å². The largest absolute Gasteiger partial charge is 0.482 e. The first kappa shape index (κ1) is 25.5. The average Bonchev–Trinajstić information content (AvgIpc) is 3.34. The minimum Gasteiger partial charge on any atom is -0.482 e. The van der Waals surface area contributed by atoms with Crippen molar-refractivity contribution in [2.75, 3.05) is 13.2 Å². The summed E-state index contributed by atoms with van der Waals surface area (Å²) in [5.74, 6) is -0.261. The topological polar surface area (TPSA) is 68.2 Å². The van der Waals surface area contributed by atoms with E-state index in [0.29, 0.717) is 5.75 Å². The number of esters is 1. The Labute approximate surface area is 223 Å². The maximum absolute atomic E-state index is 13.4. The molecule has 1 aliphatic carbocycles. The normalized spacial score (nSPS) is 19.6. The van der Waals surface area contributed by atoms with Gasteiger partial charge in [-0.05, 0) is 79.1 Å². The molecular weight excluding hydrogens is 476 g/mol. The molecule has 0 N–H and O–H groups in total. The van der Waals surface area contributed by atoms with E-state index in [9.17, 15) is 9.59 Å². The molecule has 1 fully saturated rings. The lowest BCUT2D eigenvalue weighted by molar-refractivity contribution is -0.154. The molecule has 0 aromatic heterocycles. The van der Waals surface area contributed by atoms with Gasteiger partial charge in [-0.2, -0.15) is 5.10 Å². The summed E-state index contributed by atoms with van der Waals surface area (Å²) in [6.07, 6.45) is 5.06. The summed E-state index contributed by atoms with van der Waals surface area (Å²) < 4.78 is 10.9. The van der Waals surface area contributed by atoms with Crippen LogP contribution in [0.3, 0.4) is 0 Å². The summed E-state index contributed by atoms with van der Waals surface area (Å²) in [5.41, 5.74) is 6.47. The Hall–Kier alpha value is -4.19. The van der Waals surface area contributed by atoms with Gasteiger partial charge < -0.3 is 9.47 Å². The van der Waals surface area contributed by atoms with Crippen molar-refractivity contribution in [3.63, 3.8) is 0 Å². The maximum atomic E-state index is 13.4. The molecule has 194 valence electrons. The summed E-state index contributed by atoms with van der Waals surface area (Å²) in [6.45, 7) is 3.34. The van der Waals surface area contributed by atoms with E-state index in [2.05, 4.69) is 18.2 Å². The number of amides is 1. The van der Waals surface area contributed by atoms with Gasteiger partial charge in [0.2, 0.25) is 0 Å². The first-order chi connectivity index (χ1) is 18.5. The average molecular weight is 509 g/mol. The van der Waals surface area contributed by atoms with Gasteiger partial charge >= 0.3 is 5.97 Å². The third-order valence-electron chi connectivity index (χ3n) is 7.23. The number of carbonyl (C=O) groups excluding carboxylic acids is 2. The molecule has 38 heavy (non-hydrogen) atoms. The van der Waals surface area contributed by atoms with Crippen molar-refractivity contribution in [1.82, 2.24) is 5.01 Å². The maximum Gasteiger partial charge on any atom is 0.344 e. The van der Waals surface area contributed by atoms with Crippen molar-refractivity contribution in [2.45, 2.75) is 39.2 Å². The SMILES string of the molecule is Cc1ccc(OCC(=O)OCC(=O)N2N=C3C(=Cc4ccccc4)CCCC3C2c2ccccc2)cc1C. The van der Waals surface area contributed by atoms with Gasteiger partial charge in [0.15, 0.2) is 13.2 Å². The predicted octanol–water partition coefficient (Wildman–Crippen LogP) is 6.05. The van der Waals surface area contributed by atoms with Crippen molar-refractivity contribution >= 4 is 23.7 Å². The van der Waals surface area contributed by atoms with Crippen LogP contribution in [0.15, 0.2) is 89.5 Å². The van der Waals surface area contributed by atoms with Crippen molar-refractivity contribution in [2.24, 2.45) is 11.0 Å². The number of ether oxygens (including phenoxy) is 2. The van der Waals surface area contributed by atoms with E-state index in [1.54, 1.807) is 0 Å². The van der Waals surface area contributed by atoms with Gasteiger partial charge in [0.05, 0.1) is 11.8 Å². The molecule has 1 amide bonds. The summed E-state index contributed by atoms with van der Waals surface area (Å²) in [4.78, 5) is 25.8. The van der Waals surface area contributed by atoms with E-state index in [1.807, 2.05) is 80.6 Å². The third kappa shape index (κ3) is 5.70. The summed E-state index contributed by atoms with van der Waals surface area (Å²) in [6, 6.07) is 25.6. The third-order valence-corrected chi connectivity index (χ3v) is 7.23. The fraction of sp³-hybridized carbons (Fsp3) is 0.281. The van der Waals surface area contributed by atoms with Crippen LogP contribution >= 0.6 is 0 Å². The number of rotatable bonds is 7. The van der Waals surface area contributed by atoms with E-state index in [1.165, 1.54) is 5.01 Å². The standard InChI is InChI=1S/C32H32N2O4/c1-22-16-17-27(18-23(22)2)37-21-30(36)38-20-29(35)34-32(25-12-7-4-8-13-25)28-15-9-14-26(31(28)33-34)19-24-10-5-3-6-11-24/h3-8,10-13,16-19,28,32H,9,14-15,20-21H2,1-2H3. The van der Waals surface area contributed by atoms with Gasteiger partial charge in [0.1, 0.15) is 5.75 Å². The molecule has 0 spiro atoms. The zero-order valence-electron chi connectivity index (χ0n) is 21.8. The minimum absolute atomic E-state index is 0.0916. The van der Waals surface area contributed by atoms with Crippen LogP contribution in [0.1, 0.15) is 47.6 Å². The first-order valence-corrected chi connectivity index (χ1v) is 13.1. The number of hydrogen-bond acceptors (Lipinski definition) is 5. The van der Waals surface area contributed by atoms with Crippen LogP contribution in [0, 0.1) is 19.8 Å². The number of hydrazone groups is 1.